The Morgan fingerprint density at radius 2 is 1.40 bits per heavy atom. The molecule has 0 amide bonds. The molecule has 1 aromatic carbocycles. The summed E-state index contributed by atoms with van der Waals surface area (Å²) in [6, 6.07) is 10.3. The number of rotatable bonds is 4. The topological polar surface area (TPSA) is 27.7 Å². The first-order valence-corrected chi connectivity index (χ1v) is 5.63. The van der Waals surface area contributed by atoms with Crippen LogP contribution in [0, 0.1) is 6.07 Å². The normalized spacial score (nSPS) is 10.1. The summed E-state index contributed by atoms with van der Waals surface area (Å²) < 4.78 is 15.9. The van der Waals surface area contributed by atoms with E-state index in [1.165, 1.54) is 0 Å². The average molecular weight is 301 g/mol. The molecule has 0 saturated carbocycles. The van der Waals surface area contributed by atoms with Gasteiger partial charge in [-0.25, -0.2) is 0 Å². The summed E-state index contributed by atoms with van der Waals surface area (Å²) in [5.41, 5.74) is 0. The van der Waals surface area contributed by atoms with Crippen molar-refractivity contribution in [3.63, 3.8) is 0 Å². The molecule has 0 N–H and O–H groups in total. The summed E-state index contributed by atoms with van der Waals surface area (Å²) in [4.78, 5) is 0. The molecule has 15 heavy (non-hydrogen) atoms. The van der Waals surface area contributed by atoms with Crippen molar-refractivity contribution < 1.29 is 30.3 Å². The van der Waals surface area contributed by atoms with Crippen LogP contribution in [-0.2, 0) is 13.3 Å². The fraction of sp³-hybridized carbons (Fsp3) is 0.333. The quantitative estimate of drug-likeness (QED) is 0.444. The van der Waals surface area contributed by atoms with Crippen LogP contribution in [0.2, 0.25) is 0 Å². The van der Waals surface area contributed by atoms with Crippen molar-refractivity contribution in [1.82, 2.24) is 0 Å². The first-order chi connectivity index (χ1) is 6.29. The van der Waals surface area contributed by atoms with E-state index in [9.17, 15) is 0 Å². The number of hydrogen-bond donors (Lipinski definition) is 0. The van der Waals surface area contributed by atoms with E-state index >= 15 is 0 Å². The van der Waals surface area contributed by atoms with Crippen LogP contribution in [0.1, 0.15) is 0 Å². The van der Waals surface area contributed by atoms with E-state index in [1.807, 2.05) is 24.3 Å². The molecule has 0 unspecified atom stereocenters. The minimum atomic E-state index is -2.61. The fourth-order valence-corrected chi connectivity index (χ4v) is 2.98. The molecule has 6 heteroatoms. The molecule has 0 radical (unpaired) electrons. The second kappa shape index (κ2) is 8.69. The van der Waals surface area contributed by atoms with Crippen LogP contribution in [0.5, 0.6) is 0 Å². The zero-order chi connectivity index (χ0) is 9.73. The number of benzene rings is 1. The Balaban J connectivity index is 0. The third kappa shape index (κ3) is 4.14. The SMILES string of the molecule is CO[Si](OC)(OC)c1cc[c-]cc1.[Br-].[Mg+2]. The Bertz CT molecular complexity index is 249. The second-order valence-electron chi connectivity index (χ2n) is 2.46. The molecule has 0 fully saturated rings. The maximum atomic E-state index is 5.30. The van der Waals surface area contributed by atoms with E-state index in [4.69, 9.17) is 13.3 Å². The Labute approximate surface area is 118 Å². The standard InChI is InChI=1S/C9H13O3Si.BrH.Mg/c1-10-13(11-2,12-3)9-7-5-4-6-8-9;;/h5-8H,1-3H3;1H;/q-1;;+2/p-1. The molecule has 80 valence electrons. The molecule has 3 nitrogen and oxygen atoms in total. The maximum absolute atomic E-state index is 5.30. The van der Waals surface area contributed by atoms with Gasteiger partial charge in [0, 0.05) is 21.3 Å². The largest absolute Gasteiger partial charge is 2.00 e. The van der Waals surface area contributed by atoms with Crippen molar-refractivity contribution in [3.05, 3.63) is 30.3 Å². The first-order valence-electron chi connectivity index (χ1n) is 3.91. The predicted molar refractivity (Wildman–Crippen MR) is 57.4 cm³/mol. The molecule has 0 heterocycles. The Hall–Kier alpha value is 0.563. The van der Waals surface area contributed by atoms with E-state index in [2.05, 4.69) is 6.07 Å². The van der Waals surface area contributed by atoms with Crippen LogP contribution in [0.3, 0.4) is 0 Å². The van der Waals surface area contributed by atoms with Crippen molar-refractivity contribution in [3.8, 4) is 0 Å². The first kappa shape index (κ1) is 17.9. The molecular weight excluding hydrogens is 288 g/mol. The monoisotopic (exact) mass is 300 g/mol. The smallest absolute Gasteiger partial charge is 1.00 e. The minimum absolute atomic E-state index is 0. The Morgan fingerprint density at radius 1 is 1.00 bits per heavy atom. The van der Waals surface area contributed by atoms with Crippen LogP contribution < -0.4 is 22.2 Å². The maximum Gasteiger partial charge on any atom is 2.00 e. The number of halogens is 1. The van der Waals surface area contributed by atoms with Gasteiger partial charge < -0.3 is 30.3 Å². The summed E-state index contributed by atoms with van der Waals surface area (Å²) in [6.45, 7) is 0. The van der Waals surface area contributed by atoms with Crippen molar-refractivity contribution in [2.75, 3.05) is 21.3 Å². The van der Waals surface area contributed by atoms with Gasteiger partial charge in [0.05, 0.1) is 0 Å². The molecule has 0 atom stereocenters. The zero-order valence-electron chi connectivity index (χ0n) is 9.12. The van der Waals surface area contributed by atoms with E-state index in [-0.39, 0.29) is 40.0 Å². The van der Waals surface area contributed by atoms with Crippen molar-refractivity contribution in [2.24, 2.45) is 0 Å². The Kier molecular flexibility index (Phi) is 10.4. The summed E-state index contributed by atoms with van der Waals surface area (Å²) in [5, 5.41) is 0.943. The van der Waals surface area contributed by atoms with Gasteiger partial charge in [0.2, 0.25) is 0 Å². The number of hydrogen-bond acceptors (Lipinski definition) is 3. The van der Waals surface area contributed by atoms with Gasteiger partial charge >= 0.3 is 31.9 Å². The van der Waals surface area contributed by atoms with Gasteiger partial charge in [-0.2, -0.15) is 30.3 Å². The van der Waals surface area contributed by atoms with Gasteiger partial charge in [-0.3, -0.25) is 0 Å². The zero-order valence-corrected chi connectivity index (χ0v) is 13.1. The van der Waals surface area contributed by atoms with Gasteiger partial charge in [-0.15, -0.1) is 0 Å². The van der Waals surface area contributed by atoms with Crippen LogP contribution in [-0.4, -0.2) is 53.2 Å². The van der Waals surface area contributed by atoms with E-state index < -0.39 is 8.80 Å². The molecule has 0 bridgehead atoms. The summed E-state index contributed by atoms with van der Waals surface area (Å²) >= 11 is 0. The molecule has 0 spiro atoms. The molecular formula is C9H13BrMgO3Si. The molecule has 1 rings (SSSR count). The van der Waals surface area contributed by atoms with Crippen LogP contribution in [0.25, 0.3) is 0 Å². The summed E-state index contributed by atoms with van der Waals surface area (Å²) in [7, 11) is 2.17. The van der Waals surface area contributed by atoms with Gasteiger partial charge in [0.1, 0.15) is 0 Å². The van der Waals surface area contributed by atoms with E-state index in [0.29, 0.717) is 0 Å². The van der Waals surface area contributed by atoms with Gasteiger partial charge in [-0.05, 0) is 0 Å². The van der Waals surface area contributed by atoms with E-state index in [1.54, 1.807) is 21.3 Å². The van der Waals surface area contributed by atoms with Gasteiger partial charge in [0.25, 0.3) is 0 Å². The van der Waals surface area contributed by atoms with Crippen molar-refractivity contribution >= 4 is 37.0 Å². The van der Waals surface area contributed by atoms with Crippen molar-refractivity contribution in [2.45, 2.75) is 0 Å². The third-order valence-electron chi connectivity index (χ3n) is 1.88. The van der Waals surface area contributed by atoms with Crippen molar-refractivity contribution in [1.29, 1.82) is 0 Å². The Morgan fingerprint density at radius 3 is 1.73 bits per heavy atom. The van der Waals surface area contributed by atoms with Crippen LogP contribution >= 0.6 is 0 Å². The molecule has 0 aliphatic rings. The minimum Gasteiger partial charge on any atom is -1.00 e. The second-order valence-corrected chi connectivity index (χ2v) is 5.37. The van der Waals surface area contributed by atoms with E-state index in [0.717, 1.165) is 5.19 Å². The molecule has 0 aliphatic carbocycles. The predicted octanol–water partition coefficient (Wildman–Crippen LogP) is -2.80. The van der Waals surface area contributed by atoms with Gasteiger partial charge in [-0.1, -0.05) is 5.19 Å². The average Bonchev–Trinajstić information content (AvgIpc) is 2.23. The molecule has 0 saturated heterocycles. The summed E-state index contributed by atoms with van der Waals surface area (Å²) in [6.07, 6.45) is 0. The molecule has 0 aromatic heterocycles. The fourth-order valence-electron chi connectivity index (χ4n) is 1.19. The molecule has 0 aliphatic heterocycles. The van der Waals surface area contributed by atoms with Gasteiger partial charge in [0.15, 0.2) is 0 Å². The van der Waals surface area contributed by atoms with Crippen LogP contribution in [0.4, 0.5) is 0 Å². The molecule has 1 aromatic rings. The summed E-state index contributed by atoms with van der Waals surface area (Å²) in [5.74, 6) is 0. The van der Waals surface area contributed by atoms with Crippen LogP contribution in [0.15, 0.2) is 24.3 Å². The third-order valence-corrected chi connectivity index (χ3v) is 4.53.